The predicted octanol–water partition coefficient (Wildman–Crippen LogP) is 1.85. The first kappa shape index (κ1) is 27.6. The third-order valence-electron chi connectivity index (χ3n) is 6.94. The van der Waals surface area contributed by atoms with Crippen molar-refractivity contribution < 1.29 is 28.5 Å². The van der Waals surface area contributed by atoms with Gasteiger partial charge in [0.2, 0.25) is 0 Å². The molecule has 0 aliphatic carbocycles. The van der Waals surface area contributed by atoms with Gasteiger partial charge in [0.15, 0.2) is 23.6 Å². The van der Waals surface area contributed by atoms with Crippen LogP contribution in [0.2, 0.25) is 0 Å². The second-order valence-electron chi connectivity index (χ2n) is 9.63. The van der Waals surface area contributed by atoms with Crippen molar-refractivity contribution in [2.24, 2.45) is 20.0 Å². The molecule has 0 saturated carbocycles. The summed E-state index contributed by atoms with van der Waals surface area (Å²) >= 11 is 0. The molecule has 4 aliphatic heterocycles. The maximum absolute atomic E-state index is 14.0. The van der Waals surface area contributed by atoms with Gasteiger partial charge < -0.3 is 28.7 Å². The van der Waals surface area contributed by atoms with Gasteiger partial charge in [0.05, 0.1) is 37.3 Å². The molecule has 0 spiro atoms. The molecule has 12 heteroatoms. The quantitative estimate of drug-likeness (QED) is 0.347. The Hall–Kier alpha value is -3.96. The van der Waals surface area contributed by atoms with Crippen LogP contribution in [0.3, 0.4) is 0 Å². The number of nitrogens with zero attached hydrogens (tertiary/aromatic N) is 6. The molecule has 0 saturated heterocycles. The van der Waals surface area contributed by atoms with E-state index in [2.05, 4.69) is 20.0 Å². The molecule has 12 nitrogen and oxygen atoms in total. The number of carbonyl (C=O) groups excluding carboxylic acids is 2. The monoisotopic (exact) mass is 552 g/mol. The first-order valence-corrected chi connectivity index (χ1v) is 14.0. The lowest BCUT2D eigenvalue weighted by Gasteiger charge is -2.26. The van der Waals surface area contributed by atoms with Crippen molar-refractivity contribution in [2.75, 3.05) is 78.8 Å². The highest BCUT2D eigenvalue weighted by molar-refractivity contribution is 6.07. The van der Waals surface area contributed by atoms with Crippen molar-refractivity contribution in [3.63, 3.8) is 0 Å². The highest BCUT2D eigenvalue weighted by Crippen LogP contribution is 2.18. The number of amides is 2. The van der Waals surface area contributed by atoms with E-state index >= 15 is 0 Å². The first-order valence-electron chi connectivity index (χ1n) is 14.0. The highest BCUT2D eigenvalue weighted by Gasteiger charge is 2.27. The van der Waals surface area contributed by atoms with E-state index in [0.717, 1.165) is 0 Å². The number of rotatable bonds is 14. The highest BCUT2D eigenvalue weighted by atomic mass is 16.5. The average Bonchev–Trinajstić information content (AvgIpc) is 3.82. The first-order chi connectivity index (χ1) is 19.7. The Morgan fingerprint density at radius 2 is 0.850 bits per heavy atom. The van der Waals surface area contributed by atoms with Gasteiger partial charge in [-0.1, -0.05) is 12.1 Å². The van der Waals surface area contributed by atoms with Gasteiger partial charge in [-0.15, -0.1) is 0 Å². The fraction of sp³-hybridized carbons (Fsp3) is 0.571. The van der Waals surface area contributed by atoms with E-state index in [1.807, 2.05) is 0 Å². The van der Waals surface area contributed by atoms with Crippen LogP contribution in [-0.4, -0.2) is 124 Å². The molecule has 0 atom stereocenters. The minimum absolute atomic E-state index is 0.229. The van der Waals surface area contributed by atoms with Crippen molar-refractivity contribution in [3.8, 4) is 0 Å². The van der Waals surface area contributed by atoms with Gasteiger partial charge in [0.25, 0.3) is 11.8 Å². The SMILES string of the molecule is O=C(c1ccccc1C(=O)N(CCC1=NCCO1)CCC1=NCCO1)N(CCC1=NCCO1)CCC1=NCCO1. The maximum Gasteiger partial charge on any atom is 0.254 e. The molecule has 0 unspecified atom stereocenters. The Bertz CT molecular complexity index is 1050. The van der Waals surface area contributed by atoms with E-state index in [0.29, 0.717) is 139 Å². The van der Waals surface area contributed by atoms with Crippen molar-refractivity contribution in [1.82, 2.24) is 9.80 Å². The van der Waals surface area contributed by atoms with Crippen molar-refractivity contribution in [2.45, 2.75) is 25.7 Å². The molecule has 0 N–H and O–H groups in total. The van der Waals surface area contributed by atoms with Crippen LogP contribution in [0.5, 0.6) is 0 Å². The van der Waals surface area contributed by atoms with Gasteiger partial charge in [0.1, 0.15) is 26.4 Å². The van der Waals surface area contributed by atoms with Crippen LogP contribution < -0.4 is 0 Å². The number of hydrogen-bond acceptors (Lipinski definition) is 10. The lowest BCUT2D eigenvalue weighted by atomic mass is 10.0. The minimum Gasteiger partial charge on any atom is -0.479 e. The van der Waals surface area contributed by atoms with Crippen LogP contribution in [0, 0.1) is 0 Å². The van der Waals surface area contributed by atoms with Crippen molar-refractivity contribution in [1.29, 1.82) is 0 Å². The van der Waals surface area contributed by atoms with E-state index in [1.54, 1.807) is 34.1 Å². The summed E-state index contributed by atoms with van der Waals surface area (Å²) in [4.78, 5) is 48.8. The van der Waals surface area contributed by atoms with Crippen LogP contribution in [0.1, 0.15) is 46.4 Å². The third kappa shape index (κ3) is 7.36. The predicted molar refractivity (Wildman–Crippen MR) is 150 cm³/mol. The van der Waals surface area contributed by atoms with Gasteiger partial charge in [-0.3, -0.25) is 29.6 Å². The van der Waals surface area contributed by atoms with Gasteiger partial charge in [-0.25, -0.2) is 0 Å². The molecule has 214 valence electrons. The molecule has 4 heterocycles. The van der Waals surface area contributed by atoms with E-state index in [-0.39, 0.29) is 11.8 Å². The fourth-order valence-corrected chi connectivity index (χ4v) is 4.87. The van der Waals surface area contributed by atoms with Crippen LogP contribution in [0.4, 0.5) is 0 Å². The number of hydrogen-bond donors (Lipinski definition) is 0. The van der Waals surface area contributed by atoms with Crippen molar-refractivity contribution in [3.05, 3.63) is 35.4 Å². The van der Waals surface area contributed by atoms with Crippen LogP contribution in [0.15, 0.2) is 44.2 Å². The molecule has 40 heavy (non-hydrogen) atoms. The summed E-state index contributed by atoms with van der Waals surface area (Å²) in [6.45, 7) is 6.43. The number of carbonyl (C=O) groups is 2. The van der Waals surface area contributed by atoms with Crippen molar-refractivity contribution >= 4 is 35.4 Å². The van der Waals surface area contributed by atoms with Gasteiger partial charge >= 0.3 is 0 Å². The van der Waals surface area contributed by atoms with Gasteiger partial charge in [-0.2, -0.15) is 0 Å². The smallest absolute Gasteiger partial charge is 0.254 e. The summed E-state index contributed by atoms with van der Waals surface area (Å²) in [6.07, 6.45) is 2.02. The molecule has 1 aromatic rings. The van der Waals surface area contributed by atoms with Crippen LogP contribution >= 0.6 is 0 Å². The summed E-state index contributed by atoms with van der Waals surface area (Å²) in [7, 11) is 0. The standard InChI is InChI=1S/C28H36N6O6/c35-27(33(13-5-23-29-9-17-37-23)14-6-24-30-10-18-38-24)21-3-1-2-4-22(21)28(36)34(15-7-25-31-11-19-39-25)16-8-26-32-12-20-40-26/h1-4H,5-20H2. The summed E-state index contributed by atoms with van der Waals surface area (Å²) in [5.41, 5.74) is 0.704. The van der Waals surface area contributed by atoms with Gasteiger partial charge in [0, 0.05) is 51.9 Å². The summed E-state index contributed by atoms with van der Waals surface area (Å²) < 4.78 is 22.2. The zero-order valence-electron chi connectivity index (χ0n) is 22.8. The molecule has 1 aromatic carbocycles. The maximum atomic E-state index is 14.0. The largest absolute Gasteiger partial charge is 0.479 e. The lowest BCUT2D eigenvalue weighted by molar-refractivity contribution is 0.0721. The van der Waals surface area contributed by atoms with Crippen LogP contribution in [-0.2, 0) is 18.9 Å². The molecular formula is C28H36N6O6. The molecule has 4 aliphatic rings. The second-order valence-corrected chi connectivity index (χ2v) is 9.63. The van der Waals surface area contributed by atoms with E-state index in [9.17, 15) is 9.59 Å². The van der Waals surface area contributed by atoms with Crippen LogP contribution in [0.25, 0.3) is 0 Å². The number of ether oxygens (including phenoxy) is 4. The Balaban J connectivity index is 1.33. The molecule has 0 aromatic heterocycles. The molecule has 0 fully saturated rings. The topological polar surface area (TPSA) is 127 Å². The Morgan fingerprint density at radius 3 is 1.10 bits per heavy atom. The Labute approximate surface area is 233 Å². The molecule has 5 rings (SSSR count). The summed E-state index contributed by atoms with van der Waals surface area (Å²) in [5.74, 6) is 2.14. The zero-order chi connectivity index (χ0) is 27.6. The molecule has 2 amide bonds. The summed E-state index contributed by atoms with van der Waals surface area (Å²) in [5, 5.41) is 0. The molecule has 0 bridgehead atoms. The normalized spacial score (nSPS) is 17.6. The van der Waals surface area contributed by atoms with E-state index < -0.39 is 0 Å². The number of aliphatic imine (C=N–C) groups is 4. The lowest BCUT2D eigenvalue weighted by Crippen LogP contribution is -2.38. The fourth-order valence-electron chi connectivity index (χ4n) is 4.87. The van der Waals surface area contributed by atoms with E-state index in [4.69, 9.17) is 18.9 Å². The summed E-state index contributed by atoms with van der Waals surface area (Å²) in [6, 6.07) is 6.98. The molecular weight excluding hydrogens is 516 g/mol. The Kier molecular flexibility index (Phi) is 9.59. The van der Waals surface area contributed by atoms with E-state index in [1.165, 1.54) is 0 Å². The second kappa shape index (κ2) is 13.9. The zero-order valence-corrected chi connectivity index (χ0v) is 22.8. The molecule has 0 radical (unpaired) electrons. The minimum atomic E-state index is -0.229. The third-order valence-corrected chi connectivity index (χ3v) is 6.94. The Morgan fingerprint density at radius 1 is 0.550 bits per heavy atom. The average molecular weight is 553 g/mol. The number of benzene rings is 1. The van der Waals surface area contributed by atoms with Gasteiger partial charge in [-0.05, 0) is 12.1 Å².